The Bertz CT molecular complexity index is 218. The van der Waals surface area contributed by atoms with Gasteiger partial charge in [0, 0.05) is 5.41 Å². The van der Waals surface area contributed by atoms with Crippen LogP contribution in [0.5, 0.6) is 0 Å². The van der Waals surface area contributed by atoms with E-state index in [1.807, 2.05) is 27.7 Å². The molecule has 0 saturated carbocycles. The SMILES string of the molecule is C[C@H](CC(C)(C)C)[C@H](O)C(=O)C(C)(C)C. The molecule has 0 saturated heterocycles. The normalized spacial score (nSPS) is 17.3. The van der Waals surface area contributed by atoms with Gasteiger partial charge in [0.1, 0.15) is 6.10 Å². The second-order valence-electron chi connectivity index (χ2n) is 6.80. The first kappa shape index (κ1) is 14.6. The van der Waals surface area contributed by atoms with Crippen LogP contribution in [0.2, 0.25) is 0 Å². The lowest BCUT2D eigenvalue weighted by molar-refractivity contribution is -0.137. The zero-order valence-electron chi connectivity index (χ0n) is 11.2. The summed E-state index contributed by atoms with van der Waals surface area (Å²) >= 11 is 0. The van der Waals surface area contributed by atoms with Crippen LogP contribution in [0.15, 0.2) is 0 Å². The Morgan fingerprint density at radius 2 is 1.53 bits per heavy atom. The summed E-state index contributed by atoms with van der Waals surface area (Å²) in [5.74, 6) is -0.0315. The van der Waals surface area contributed by atoms with Gasteiger partial charge in [-0.05, 0) is 17.8 Å². The summed E-state index contributed by atoms with van der Waals surface area (Å²) in [7, 11) is 0. The molecule has 0 bridgehead atoms. The van der Waals surface area contributed by atoms with Gasteiger partial charge >= 0.3 is 0 Å². The van der Waals surface area contributed by atoms with Crippen molar-refractivity contribution in [1.82, 2.24) is 0 Å². The van der Waals surface area contributed by atoms with Gasteiger partial charge < -0.3 is 5.11 Å². The fourth-order valence-electron chi connectivity index (χ4n) is 1.78. The fraction of sp³-hybridized carbons (Fsp3) is 0.923. The van der Waals surface area contributed by atoms with E-state index in [1.165, 1.54) is 0 Å². The highest BCUT2D eigenvalue weighted by Gasteiger charge is 2.33. The highest BCUT2D eigenvalue weighted by molar-refractivity contribution is 5.87. The molecule has 0 aromatic heterocycles. The number of carbonyl (C=O) groups excluding carboxylic acids is 1. The maximum atomic E-state index is 11.8. The molecule has 0 spiro atoms. The second kappa shape index (κ2) is 4.65. The van der Waals surface area contributed by atoms with Crippen molar-refractivity contribution in [1.29, 1.82) is 0 Å². The number of Topliss-reactive ketones (excluding diaryl/α,β-unsaturated/α-hetero) is 1. The molecule has 0 heterocycles. The summed E-state index contributed by atoms with van der Waals surface area (Å²) in [5.41, 5.74) is -0.301. The van der Waals surface area contributed by atoms with Gasteiger partial charge in [0.2, 0.25) is 0 Å². The van der Waals surface area contributed by atoms with Crippen molar-refractivity contribution in [2.24, 2.45) is 16.7 Å². The van der Waals surface area contributed by atoms with Crippen LogP contribution >= 0.6 is 0 Å². The number of ketones is 1. The zero-order chi connectivity index (χ0) is 12.4. The zero-order valence-corrected chi connectivity index (χ0v) is 11.2. The Kier molecular flexibility index (Phi) is 4.53. The van der Waals surface area contributed by atoms with Gasteiger partial charge in [-0.25, -0.2) is 0 Å². The largest absolute Gasteiger partial charge is 0.385 e. The lowest BCUT2D eigenvalue weighted by atomic mass is 9.78. The Hall–Kier alpha value is -0.370. The van der Waals surface area contributed by atoms with Crippen LogP contribution in [0.1, 0.15) is 54.9 Å². The van der Waals surface area contributed by atoms with E-state index in [-0.39, 0.29) is 17.1 Å². The maximum absolute atomic E-state index is 11.8. The molecule has 0 aromatic rings. The summed E-state index contributed by atoms with van der Waals surface area (Å²) in [6, 6.07) is 0. The van der Waals surface area contributed by atoms with E-state index in [0.29, 0.717) is 0 Å². The van der Waals surface area contributed by atoms with Gasteiger partial charge in [0.05, 0.1) is 0 Å². The van der Waals surface area contributed by atoms with Crippen LogP contribution < -0.4 is 0 Å². The quantitative estimate of drug-likeness (QED) is 0.784. The highest BCUT2D eigenvalue weighted by atomic mass is 16.3. The van der Waals surface area contributed by atoms with E-state index in [4.69, 9.17) is 0 Å². The molecule has 0 radical (unpaired) electrons. The first-order valence-electron chi connectivity index (χ1n) is 5.67. The maximum Gasteiger partial charge on any atom is 0.166 e. The molecule has 15 heavy (non-hydrogen) atoms. The third-order valence-corrected chi connectivity index (χ3v) is 2.48. The van der Waals surface area contributed by atoms with Gasteiger partial charge in [-0.1, -0.05) is 48.5 Å². The van der Waals surface area contributed by atoms with E-state index in [1.54, 1.807) is 0 Å². The van der Waals surface area contributed by atoms with E-state index < -0.39 is 11.5 Å². The van der Waals surface area contributed by atoms with Gasteiger partial charge in [0.15, 0.2) is 5.78 Å². The minimum Gasteiger partial charge on any atom is -0.385 e. The minimum atomic E-state index is -0.829. The standard InChI is InChI=1S/C13H26O2/c1-9(8-12(2,3)4)10(14)11(15)13(5,6)7/h9-10,14H,8H2,1-7H3/t9-,10+/m1/s1. The van der Waals surface area contributed by atoms with Crippen molar-refractivity contribution in [3.8, 4) is 0 Å². The predicted octanol–water partition coefficient (Wildman–Crippen LogP) is 3.03. The van der Waals surface area contributed by atoms with Gasteiger partial charge in [-0.3, -0.25) is 4.79 Å². The number of rotatable bonds is 3. The number of hydrogen-bond acceptors (Lipinski definition) is 2. The summed E-state index contributed by atoms with van der Waals surface area (Å²) < 4.78 is 0. The Morgan fingerprint density at radius 1 is 1.13 bits per heavy atom. The number of hydrogen-bond donors (Lipinski definition) is 1. The van der Waals surface area contributed by atoms with Crippen molar-refractivity contribution in [3.05, 3.63) is 0 Å². The smallest absolute Gasteiger partial charge is 0.166 e. The molecule has 0 rings (SSSR count). The first-order valence-corrected chi connectivity index (χ1v) is 5.67. The van der Waals surface area contributed by atoms with Gasteiger partial charge in [0.25, 0.3) is 0 Å². The average Bonchev–Trinajstić information content (AvgIpc) is 1.96. The Balaban J connectivity index is 4.46. The van der Waals surface area contributed by atoms with Crippen LogP contribution in [-0.4, -0.2) is 17.0 Å². The molecule has 2 nitrogen and oxygen atoms in total. The van der Waals surface area contributed by atoms with Crippen LogP contribution in [0.4, 0.5) is 0 Å². The number of aliphatic hydroxyl groups is 1. The van der Waals surface area contributed by atoms with Gasteiger partial charge in [-0.2, -0.15) is 0 Å². The van der Waals surface area contributed by atoms with Crippen molar-refractivity contribution < 1.29 is 9.90 Å². The average molecular weight is 214 g/mol. The van der Waals surface area contributed by atoms with Gasteiger partial charge in [-0.15, -0.1) is 0 Å². The second-order valence-corrected chi connectivity index (χ2v) is 6.80. The van der Waals surface area contributed by atoms with Crippen molar-refractivity contribution >= 4 is 5.78 Å². The molecular formula is C13H26O2. The highest BCUT2D eigenvalue weighted by Crippen LogP contribution is 2.29. The van der Waals surface area contributed by atoms with Crippen LogP contribution in [0.25, 0.3) is 0 Å². The molecular weight excluding hydrogens is 188 g/mol. The molecule has 2 heteroatoms. The summed E-state index contributed by atoms with van der Waals surface area (Å²) in [5, 5.41) is 9.94. The Morgan fingerprint density at radius 3 is 1.80 bits per heavy atom. The molecule has 90 valence electrons. The molecule has 0 fully saturated rings. The van der Waals surface area contributed by atoms with Crippen LogP contribution in [-0.2, 0) is 4.79 Å². The molecule has 1 N–H and O–H groups in total. The summed E-state index contributed by atoms with van der Waals surface area (Å²) in [6.07, 6.45) is 0.0277. The molecule has 0 aliphatic carbocycles. The first-order chi connectivity index (χ1) is 6.45. The van der Waals surface area contributed by atoms with Crippen molar-refractivity contribution in [2.75, 3.05) is 0 Å². The predicted molar refractivity (Wildman–Crippen MR) is 63.7 cm³/mol. The molecule has 0 unspecified atom stereocenters. The Labute approximate surface area is 94.1 Å². The molecule has 2 atom stereocenters. The number of aliphatic hydroxyl groups excluding tert-OH is 1. The lowest BCUT2D eigenvalue weighted by Gasteiger charge is -2.29. The topological polar surface area (TPSA) is 37.3 Å². The minimum absolute atomic E-state index is 0.0247. The lowest BCUT2D eigenvalue weighted by Crippen LogP contribution is -2.38. The van der Waals surface area contributed by atoms with Crippen LogP contribution in [0, 0.1) is 16.7 Å². The summed E-state index contributed by atoms with van der Waals surface area (Å²) in [6.45, 7) is 13.9. The molecule has 0 aromatic carbocycles. The van der Waals surface area contributed by atoms with Crippen molar-refractivity contribution in [3.63, 3.8) is 0 Å². The molecule has 0 amide bonds. The van der Waals surface area contributed by atoms with E-state index in [9.17, 15) is 9.90 Å². The van der Waals surface area contributed by atoms with E-state index in [2.05, 4.69) is 20.8 Å². The van der Waals surface area contributed by atoms with E-state index in [0.717, 1.165) is 6.42 Å². The summed E-state index contributed by atoms with van der Waals surface area (Å²) in [4.78, 5) is 11.8. The fourth-order valence-corrected chi connectivity index (χ4v) is 1.78. The molecule has 0 aliphatic heterocycles. The number of carbonyl (C=O) groups is 1. The third-order valence-electron chi connectivity index (χ3n) is 2.48. The third kappa shape index (κ3) is 5.31. The monoisotopic (exact) mass is 214 g/mol. The van der Waals surface area contributed by atoms with Crippen LogP contribution in [0.3, 0.4) is 0 Å². The van der Waals surface area contributed by atoms with E-state index >= 15 is 0 Å². The molecule has 0 aliphatic rings. The van der Waals surface area contributed by atoms with Crippen molar-refractivity contribution in [2.45, 2.75) is 61.0 Å².